The van der Waals surface area contributed by atoms with Crippen molar-refractivity contribution in [3.63, 3.8) is 0 Å². The molecule has 1 aromatic carbocycles. The van der Waals surface area contributed by atoms with Gasteiger partial charge in [-0.3, -0.25) is 9.59 Å². The molecule has 0 radical (unpaired) electrons. The molecule has 0 fully saturated rings. The fourth-order valence-electron chi connectivity index (χ4n) is 2.45. The SMILES string of the molecule is CCCc1nnc(CC(=O)c2cc(=O)c3cc(C)c(C)cc3o2)s1. The average molecular weight is 342 g/mol. The van der Waals surface area contributed by atoms with Crippen LogP contribution in [0, 0.1) is 13.8 Å². The highest BCUT2D eigenvalue weighted by atomic mass is 32.1. The molecule has 0 spiro atoms. The maximum atomic E-state index is 12.4. The largest absolute Gasteiger partial charge is 0.453 e. The Hall–Kier alpha value is -2.34. The van der Waals surface area contributed by atoms with Gasteiger partial charge in [0.15, 0.2) is 11.2 Å². The zero-order valence-corrected chi connectivity index (χ0v) is 14.7. The van der Waals surface area contributed by atoms with Crippen molar-refractivity contribution in [2.75, 3.05) is 0 Å². The number of aromatic nitrogens is 2. The van der Waals surface area contributed by atoms with Crippen LogP contribution in [-0.2, 0) is 12.8 Å². The normalized spacial score (nSPS) is 11.1. The highest BCUT2D eigenvalue weighted by Gasteiger charge is 2.16. The van der Waals surface area contributed by atoms with Crippen LogP contribution in [0.25, 0.3) is 11.0 Å². The number of carbonyl (C=O) groups excluding carboxylic acids is 1. The topological polar surface area (TPSA) is 73.1 Å². The van der Waals surface area contributed by atoms with Gasteiger partial charge in [-0.05, 0) is 43.5 Å². The van der Waals surface area contributed by atoms with Gasteiger partial charge >= 0.3 is 0 Å². The fraction of sp³-hybridized carbons (Fsp3) is 0.333. The highest BCUT2D eigenvalue weighted by molar-refractivity contribution is 7.11. The van der Waals surface area contributed by atoms with Crippen molar-refractivity contribution in [2.24, 2.45) is 0 Å². The second kappa shape index (κ2) is 6.65. The molecule has 2 heterocycles. The molecule has 0 saturated carbocycles. The average Bonchev–Trinajstić information content (AvgIpc) is 2.96. The number of benzene rings is 1. The number of rotatable bonds is 5. The highest BCUT2D eigenvalue weighted by Crippen LogP contribution is 2.19. The van der Waals surface area contributed by atoms with Gasteiger partial charge in [-0.2, -0.15) is 0 Å². The Labute approximate surface area is 143 Å². The molecule has 3 rings (SSSR count). The van der Waals surface area contributed by atoms with Crippen molar-refractivity contribution < 1.29 is 9.21 Å². The smallest absolute Gasteiger partial charge is 0.205 e. The van der Waals surface area contributed by atoms with Gasteiger partial charge in [0.05, 0.1) is 11.8 Å². The van der Waals surface area contributed by atoms with Crippen molar-refractivity contribution >= 4 is 28.1 Å². The third-order valence-electron chi connectivity index (χ3n) is 3.90. The summed E-state index contributed by atoms with van der Waals surface area (Å²) in [6, 6.07) is 4.87. The van der Waals surface area contributed by atoms with E-state index in [1.807, 2.05) is 13.8 Å². The predicted octanol–water partition coefficient (Wildman–Crippen LogP) is 3.64. The van der Waals surface area contributed by atoms with E-state index in [2.05, 4.69) is 17.1 Å². The van der Waals surface area contributed by atoms with Crippen LogP contribution in [0.1, 0.15) is 45.0 Å². The van der Waals surface area contributed by atoms with Crippen molar-refractivity contribution in [3.8, 4) is 0 Å². The van der Waals surface area contributed by atoms with Gasteiger partial charge in [-0.1, -0.05) is 6.92 Å². The van der Waals surface area contributed by atoms with Crippen LogP contribution in [0.3, 0.4) is 0 Å². The van der Waals surface area contributed by atoms with E-state index in [-0.39, 0.29) is 23.4 Å². The molecule has 24 heavy (non-hydrogen) atoms. The lowest BCUT2D eigenvalue weighted by Crippen LogP contribution is -2.09. The minimum Gasteiger partial charge on any atom is -0.453 e. The lowest BCUT2D eigenvalue weighted by molar-refractivity contribution is 0.0966. The van der Waals surface area contributed by atoms with Crippen LogP contribution < -0.4 is 5.43 Å². The van der Waals surface area contributed by atoms with Gasteiger partial charge in [0, 0.05) is 12.5 Å². The van der Waals surface area contributed by atoms with Crippen molar-refractivity contribution in [3.05, 3.63) is 55.3 Å². The Morgan fingerprint density at radius 3 is 2.58 bits per heavy atom. The second-order valence-corrected chi connectivity index (χ2v) is 6.99. The summed E-state index contributed by atoms with van der Waals surface area (Å²) in [6.45, 7) is 5.95. The molecule has 0 unspecified atom stereocenters. The molecule has 2 aromatic heterocycles. The zero-order valence-electron chi connectivity index (χ0n) is 13.9. The lowest BCUT2D eigenvalue weighted by Gasteiger charge is -2.04. The molecule has 124 valence electrons. The van der Waals surface area contributed by atoms with E-state index in [0.717, 1.165) is 29.0 Å². The minimum atomic E-state index is -0.258. The van der Waals surface area contributed by atoms with Gasteiger partial charge in [-0.15, -0.1) is 21.5 Å². The van der Waals surface area contributed by atoms with Crippen LogP contribution in [0.2, 0.25) is 0 Å². The van der Waals surface area contributed by atoms with Crippen LogP contribution >= 0.6 is 11.3 Å². The molecular formula is C18H18N2O3S. The first-order valence-electron chi connectivity index (χ1n) is 7.87. The quantitative estimate of drug-likeness (QED) is 0.662. The number of hydrogen-bond acceptors (Lipinski definition) is 6. The molecule has 0 aliphatic heterocycles. The van der Waals surface area contributed by atoms with Crippen molar-refractivity contribution in [1.82, 2.24) is 10.2 Å². The number of ketones is 1. The Morgan fingerprint density at radius 1 is 1.12 bits per heavy atom. The van der Waals surface area contributed by atoms with Crippen LogP contribution in [0.15, 0.2) is 27.4 Å². The summed E-state index contributed by atoms with van der Waals surface area (Å²) >= 11 is 1.43. The van der Waals surface area contributed by atoms with E-state index in [1.54, 1.807) is 12.1 Å². The number of hydrogen-bond donors (Lipinski definition) is 0. The zero-order chi connectivity index (χ0) is 17.3. The summed E-state index contributed by atoms with van der Waals surface area (Å²) < 4.78 is 5.67. The van der Waals surface area contributed by atoms with Crippen molar-refractivity contribution in [1.29, 1.82) is 0 Å². The third-order valence-corrected chi connectivity index (χ3v) is 4.89. The maximum absolute atomic E-state index is 12.4. The first kappa shape index (κ1) is 16.5. The van der Waals surface area contributed by atoms with E-state index < -0.39 is 0 Å². The van der Waals surface area contributed by atoms with E-state index in [1.165, 1.54) is 17.4 Å². The second-order valence-electron chi connectivity index (χ2n) is 5.85. The Kier molecular flexibility index (Phi) is 4.57. The van der Waals surface area contributed by atoms with Gasteiger partial charge in [0.25, 0.3) is 0 Å². The van der Waals surface area contributed by atoms with Crippen LogP contribution in [0.4, 0.5) is 0 Å². The summed E-state index contributed by atoms with van der Waals surface area (Å²) in [5.74, 6) is -0.186. The minimum absolute atomic E-state index is 0.0722. The summed E-state index contributed by atoms with van der Waals surface area (Å²) in [4.78, 5) is 24.7. The lowest BCUT2D eigenvalue weighted by atomic mass is 10.1. The fourth-order valence-corrected chi connectivity index (χ4v) is 3.39. The molecule has 0 bridgehead atoms. The summed E-state index contributed by atoms with van der Waals surface area (Å²) in [5, 5.41) is 10.2. The molecule has 0 saturated heterocycles. The Morgan fingerprint density at radius 2 is 1.83 bits per heavy atom. The van der Waals surface area contributed by atoms with Crippen LogP contribution in [0.5, 0.6) is 0 Å². The van der Waals surface area contributed by atoms with E-state index in [9.17, 15) is 9.59 Å². The summed E-state index contributed by atoms with van der Waals surface area (Å²) in [7, 11) is 0. The maximum Gasteiger partial charge on any atom is 0.205 e. The van der Waals surface area contributed by atoms with E-state index in [0.29, 0.717) is 16.0 Å². The molecule has 0 aliphatic carbocycles. The molecule has 0 N–H and O–H groups in total. The number of fused-ring (bicyclic) bond motifs is 1. The first-order valence-corrected chi connectivity index (χ1v) is 8.69. The number of aryl methyl sites for hydroxylation is 3. The van der Waals surface area contributed by atoms with Gasteiger partial charge < -0.3 is 4.42 Å². The molecule has 5 nitrogen and oxygen atoms in total. The van der Waals surface area contributed by atoms with E-state index in [4.69, 9.17) is 4.42 Å². The molecule has 0 atom stereocenters. The van der Waals surface area contributed by atoms with Crippen LogP contribution in [-0.4, -0.2) is 16.0 Å². The Bertz CT molecular complexity index is 972. The molecular weight excluding hydrogens is 324 g/mol. The summed E-state index contributed by atoms with van der Waals surface area (Å²) in [5.41, 5.74) is 2.28. The molecule has 6 heteroatoms. The number of Topliss-reactive ketones (excluding diaryl/α,β-unsaturated/α-hetero) is 1. The number of nitrogens with zero attached hydrogens (tertiary/aromatic N) is 2. The summed E-state index contributed by atoms with van der Waals surface area (Å²) in [6.07, 6.45) is 1.94. The molecule has 0 amide bonds. The standard InChI is InChI=1S/C18H18N2O3S/c1-4-5-17-19-20-18(24-17)9-14(22)16-8-13(21)12-6-10(2)11(3)7-15(12)23-16/h6-8H,4-5,9H2,1-3H3. The van der Waals surface area contributed by atoms with Crippen molar-refractivity contribution in [2.45, 2.75) is 40.0 Å². The number of carbonyl (C=O) groups is 1. The monoisotopic (exact) mass is 342 g/mol. The Balaban J connectivity index is 1.91. The van der Waals surface area contributed by atoms with Gasteiger partial charge in [0.2, 0.25) is 5.78 Å². The third kappa shape index (κ3) is 3.28. The van der Waals surface area contributed by atoms with Gasteiger partial charge in [0.1, 0.15) is 15.6 Å². The first-order chi connectivity index (χ1) is 11.5. The van der Waals surface area contributed by atoms with Gasteiger partial charge in [-0.25, -0.2) is 0 Å². The molecule has 3 aromatic rings. The molecule has 0 aliphatic rings. The predicted molar refractivity (Wildman–Crippen MR) is 93.9 cm³/mol. The van der Waals surface area contributed by atoms with E-state index >= 15 is 0 Å².